The Morgan fingerprint density at radius 3 is 2.74 bits per heavy atom. The van der Waals surface area contributed by atoms with E-state index >= 15 is 0 Å². The first-order chi connectivity index (χ1) is 11.0. The molecule has 3 rings (SSSR count). The van der Waals surface area contributed by atoms with Crippen molar-refractivity contribution in [1.82, 2.24) is 5.32 Å². The van der Waals surface area contributed by atoms with E-state index in [0.29, 0.717) is 36.8 Å². The Bertz CT molecular complexity index is 713. The molecule has 1 amide bonds. The van der Waals surface area contributed by atoms with E-state index in [-0.39, 0.29) is 16.8 Å². The Hall–Kier alpha value is -2.39. The molecule has 23 heavy (non-hydrogen) atoms. The minimum atomic E-state index is -0.463. The van der Waals surface area contributed by atoms with Crippen LogP contribution in [0.2, 0.25) is 0 Å². The third kappa shape index (κ3) is 3.35. The van der Waals surface area contributed by atoms with Crippen molar-refractivity contribution in [3.63, 3.8) is 0 Å². The van der Waals surface area contributed by atoms with E-state index in [4.69, 9.17) is 10.1 Å². The van der Waals surface area contributed by atoms with Crippen LogP contribution < -0.4 is 10.2 Å². The Kier molecular flexibility index (Phi) is 4.30. The van der Waals surface area contributed by atoms with Gasteiger partial charge in [-0.3, -0.25) is 20.3 Å². The number of hydrogen-bond acceptors (Lipinski definition) is 7. The molecule has 2 N–H and O–H groups in total. The van der Waals surface area contributed by atoms with Gasteiger partial charge in [0, 0.05) is 36.5 Å². The lowest BCUT2D eigenvalue weighted by molar-refractivity contribution is -0.384. The molecule has 0 aliphatic carbocycles. The van der Waals surface area contributed by atoms with Crippen molar-refractivity contribution in [2.75, 3.05) is 31.2 Å². The minimum absolute atomic E-state index is 0.0349. The van der Waals surface area contributed by atoms with Crippen LogP contribution in [0, 0.1) is 15.5 Å². The van der Waals surface area contributed by atoms with Crippen LogP contribution in [0.3, 0.4) is 0 Å². The number of nitrogens with zero attached hydrogens (tertiary/aromatic N) is 2. The number of benzene rings is 1. The number of thioether (sulfide) groups is 1. The second-order valence-electron chi connectivity index (χ2n) is 4.99. The van der Waals surface area contributed by atoms with Gasteiger partial charge in [0.1, 0.15) is 0 Å². The van der Waals surface area contributed by atoms with Crippen LogP contribution in [0.15, 0.2) is 23.1 Å². The number of carbonyl (C=O) groups excluding carboxylic acids is 1. The monoisotopic (exact) mass is 334 g/mol. The van der Waals surface area contributed by atoms with Gasteiger partial charge in [0.25, 0.3) is 11.6 Å². The molecule has 2 aliphatic heterocycles. The fourth-order valence-electron chi connectivity index (χ4n) is 2.45. The predicted octanol–water partition coefficient (Wildman–Crippen LogP) is 1.57. The molecule has 0 bridgehead atoms. The smallest absolute Gasteiger partial charge is 0.270 e. The summed E-state index contributed by atoms with van der Waals surface area (Å²) < 4.78 is 5.33. The van der Waals surface area contributed by atoms with Crippen LogP contribution in [-0.4, -0.2) is 42.3 Å². The molecule has 2 heterocycles. The molecule has 120 valence electrons. The summed E-state index contributed by atoms with van der Waals surface area (Å²) in [7, 11) is 0. The largest absolute Gasteiger partial charge is 0.378 e. The summed E-state index contributed by atoms with van der Waals surface area (Å²) in [6.45, 7) is 2.55. The number of rotatable bonds is 3. The van der Waals surface area contributed by atoms with Gasteiger partial charge in [-0.2, -0.15) is 0 Å². The molecule has 0 aromatic heterocycles. The maximum atomic E-state index is 11.8. The fraction of sp³-hybridized carbons (Fsp3) is 0.286. The number of non-ortho nitro benzene ring substituents is 1. The highest BCUT2D eigenvalue weighted by Gasteiger charge is 2.24. The van der Waals surface area contributed by atoms with Gasteiger partial charge in [0.15, 0.2) is 5.17 Å². The highest BCUT2D eigenvalue weighted by molar-refractivity contribution is 8.18. The summed E-state index contributed by atoms with van der Waals surface area (Å²) in [6, 6.07) is 4.60. The summed E-state index contributed by atoms with van der Waals surface area (Å²) in [5, 5.41) is 21.0. The van der Waals surface area contributed by atoms with Crippen LogP contribution >= 0.6 is 11.8 Å². The third-order valence-electron chi connectivity index (χ3n) is 3.52. The average molecular weight is 334 g/mol. The lowest BCUT2D eigenvalue weighted by Crippen LogP contribution is -2.36. The van der Waals surface area contributed by atoms with Crippen LogP contribution in [0.5, 0.6) is 0 Å². The number of amides is 1. The summed E-state index contributed by atoms with van der Waals surface area (Å²) in [5.41, 5.74) is 1.37. The molecule has 0 spiro atoms. The Balaban J connectivity index is 2.02. The lowest BCUT2D eigenvalue weighted by Gasteiger charge is -2.30. The highest BCUT2D eigenvalue weighted by Crippen LogP contribution is 2.32. The van der Waals surface area contributed by atoms with E-state index in [0.717, 1.165) is 17.4 Å². The number of amidine groups is 1. The summed E-state index contributed by atoms with van der Waals surface area (Å²) >= 11 is 1.01. The van der Waals surface area contributed by atoms with Gasteiger partial charge in [0.2, 0.25) is 0 Å². The first kappa shape index (κ1) is 15.5. The molecule has 0 unspecified atom stereocenters. The first-order valence-electron chi connectivity index (χ1n) is 6.95. The van der Waals surface area contributed by atoms with E-state index in [1.165, 1.54) is 12.1 Å². The highest BCUT2D eigenvalue weighted by atomic mass is 32.2. The van der Waals surface area contributed by atoms with E-state index in [9.17, 15) is 14.9 Å². The molecule has 0 saturated carbocycles. The zero-order chi connectivity index (χ0) is 16.4. The lowest BCUT2D eigenvalue weighted by atomic mass is 10.1. The van der Waals surface area contributed by atoms with Gasteiger partial charge in [0.05, 0.1) is 23.0 Å². The minimum Gasteiger partial charge on any atom is -0.378 e. The number of nitrogens with one attached hydrogen (secondary N) is 2. The Morgan fingerprint density at radius 2 is 2.13 bits per heavy atom. The van der Waals surface area contributed by atoms with E-state index < -0.39 is 4.92 Å². The normalized spacial score (nSPS) is 20.0. The molecule has 1 aromatic carbocycles. The van der Waals surface area contributed by atoms with E-state index in [1.807, 2.05) is 0 Å². The van der Waals surface area contributed by atoms with Crippen molar-refractivity contribution < 1.29 is 14.5 Å². The van der Waals surface area contributed by atoms with Crippen LogP contribution in [0.1, 0.15) is 5.56 Å². The second kappa shape index (κ2) is 6.39. The van der Waals surface area contributed by atoms with Crippen molar-refractivity contribution in [3.05, 3.63) is 38.8 Å². The van der Waals surface area contributed by atoms with Crippen LogP contribution in [0.4, 0.5) is 11.4 Å². The summed E-state index contributed by atoms with van der Waals surface area (Å²) in [6.07, 6.45) is 1.60. The topological polar surface area (TPSA) is 109 Å². The van der Waals surface area contributed by atoms with Crippen LogP contribution in [-0.2, 0) is 9.53 Å². The van der Waals surface area contributed by atoms with Gasteiger partial charge >= 0.3 is 0 Å². The van der Waals surface area contributed by atoms with Crippen molar-refractivity contribution in [2.24, 2.45) is 0 Å². The maximum absolute atomic E-state index is 11.8. The van der Waals surface area contributed by atoms with Crippen molar-refractivity contribution >= 4 is 40.3 Å². The van der Waals surface area contributed by atoms with Crippen molar-refractivity contribution in [1.29, 1.82) is 5.41 Å². The number of nitro groups is 1. The molecule has 2 fully saturated rings. The molecule has 1 aromatic rings. The number of anilines is 1. The number of carbonyl (C=O) groups is 1. The summed E-state index contributed by atoms with van der Waals surface area (Å²) in [5.74, 6) is -0.362. The van der Waals surface area contributed by atoms with Gasteiger partial charge in [-0.15, -0.1) is 0 Å². The third-order valence-corrected chi connectivity index (χ3v) is 4.35. The average Bonchev–Trinajstić information content (AvgIpc) is 2.85. The SMILES string of the molecule is N=C1NC(=O)C(=Cc2cc([N+](=O)[O-])ccc2N2CCOCC2)S1. The van der Waals surface area contributed by atoms with Gasteiger partial charge in [-0.05, 0) is 23.9 Å². The van der Waals surface area contributed by atoms with E-state index in [2.05, 4.69) is 10.2 Å². The Labute approximate surface area is 136 Å². The van der Waals surface area contributed by atoms with Crippen molar-refractivity contribution in [3.8, 4) is 0 Å². The van der Waals surface area contributed by atoms with E-state index in [1.54, 1.807) is 12.1 Å². The first-order valence-corrected chi connectivity index (χ1v) is 7.77. The quantitative estimate of drug-likeness (QED) is 0.493. The zero-order valence-corrected chi connectivity index (χ0v) is 12.9. The van der Waals surface area contributed by atoms with Crippen molar-refractivity contribution in [2.45, 2.75) is 0 Å². The molecule has 2 aliphatic rings. The van der Waals surface area contributed by atoms with Gasteiger partial charge < -0.3 is 15.0 Å². The maximum Gasteiger partial charge on any atom is 0.270 e. The molecule has 8 nitrogen and oxygen atoms in total. The number of nitro benzene ring substituents is 1. The molecule has 9 heteroatoms. The summed E-state index contributed by atoms with van der Waals surface area (Å²) in [4.78, 5) is 24.8. The molecular formula is C14H14N4O4S. The number of ether oxygens (including phenoxy) is 1. The Morgan fingerprint density at radius 1 is 1.39 bits per heavy atom. The zero-order valence-electron chi connectivity index (χ0n) is 12.1. The molecule has 2 saturated heterocycles. The molecular weight excluding hydrogens is 320 g/mol. The van der Waals surface area contributed by atoms with Gasteiger partial charge in [-0.25, -0.2) is 0 Å². The van der Waals surface area contributed by atoms with Gasteiger partial charge in [-0.1, -0.05) is 0 Å². The predicted molar refractivity (Wildman–Crippen MR) is 87.6 cm³/mol. The second-order valence-corrected chi connectivity index (χ2v) is 6.05. The number of morpholine rings is 1. The number of hydrogen-bond donors (Lipinski definition) is 2. The fourth-order valence-corrected chi connectivity index (χ4v) is 3.14. The van der Waals surface area contributed by atoms with Crippen LogP contribution in [0.25, 0.3) is 6.08 Å². The molecule has 0 atom stereocenters. The molecule has 0 radical (unpaired) electrons. The standard InChI is InChI=1S/C14H14N4O4S/c15-14-16-13(19)12(23-14)8-9-7-10(18(20)21)1-2-11(9)17-3-5-22-6-4-17/h1-2,7-8H,3-6H2,(H2,15,16,19).